The lowest BCUT2D eigenvalue weighted by Crippen LogP contribution is -2.17. The highest BCUT2D eigenvalue weighted by atomic mass is 15.1. The zero-order valence-electron chi connectivity index (χ0n) is 49.1. The average Bonchev–Trinajstić information content (AvgIpc) is 1.64. The Hall–Kier alpha value is -9.50. The van der Waals surface area contributed by atoms with Crippen molar-refractivity contribution >= 4 is 67.8 Å². The lowest BCUT2D eigenvalue weighted by molar-refractivity contribution is 0.652. The van der Waals surface area contributed by atoms with Crippen molar-refractivity contribution in [3.05, 3.63) is 298 Å². The first-order valence-electron chi connectivity index (χ1n) is 30.0. The minimum absolute atomic E-state index is 0.169. The number of fused-ring (bicyclic) bond motifs is 14. The van der Waals surface area contributed by atoms with Crippen LogP contribution >= 0.6 is 0 Å². The summed E-state index contributed by atoms with van der Waals surface area (Å²) in [5.41, 5.74) is 30.6. The second-order valence-electron chi connectivity index (χ2n) is 26.2. The predicted octanol–water partition coefficient (Wildman–Crippen LogP) is 22.3. The van der Waals surface area contributed by atoms with E-state index in [0.717, 1.165) is 22.7 Å². The molecule has 0 radical (unpaired) electrons. The zero-order valence-corrected chi connectivity index (χ0v) is 49.1. The molecule has 84 heavy (non-hydrogen) atoms. The Kier molecular flexibility index (Phi) is 10.8. The number of rotatable bonds is 8. The fourth-order valence-corrected chi connectivity index (χ4v) is 15.3. The molecule has 16 rings (SSSR count). The monoisotopic (exact) mass is 1080 g/mol. The number of benzene rings is 12. The molecule has 0 N–H and O–H groups in total. The molecule has 2 heteroatoms. The maximum atomic E-state index is 2.54. The van der Waals surface area contributed by atoms with Crippen molar-refractivity contribution in [1.29, 1.82) is 0 Å². The molecule has 0 aromatic heterocycles. The summed E-state index contributed by atoms with van der Waals surface area (Å²) >= 11 is 0. The fraction of sp³-hybridized carbons (Fsp3) is 0.146. The van der Waals surface area contributed by atoms with E-state index < -0.39 is 0 Å². The van der Waals surface area contributed by atoms with Gasteiger partial charge < -0.3 is 9.80 Å². The molecule has 0 aliphatic heterocycles. The summed E-state index contributed by atoms with van der Waals surface area (Å²) in [7, 11) is 0. The molecule has 2 nitrogen and oxygen atoms in total. The summed E-state index contributed by atoms with van der Waals surface area (Å²) in [6.45, 7) is 19.3. The Morgan fingerprint density at radius 1 is 0.214 bits per heavy atom. The standard InChI is InChI=1S/C82H66N2/c1-79(2)71-41-51(29-37-63(71)67-47-77-69(49-75(67)79)65-39-35-61(45-73(65)81(77,5)6)83(57-23-11-9-12-24-57)59-33-31-53-19-15-17-21-55(53)43-59)27-28-52-30-38-64-68-48-78-70(50-76(68)80(3,4)72(64)42-52)66-40-36-62(46-74(66)82(78,7)8)84(58-25-13-10-14-26-58)60-34-32-54-20-16-18-22-56(54)44-60/h9-50H,1-8H3. The molecule has 4 aliphatic rings. The maximum Gasteiger partial charge on any atom is 0.0468 e. The first-order chi connectivity index (χ1) is 40.6. The van der Waals surface area contributed by atoms with Crippen molar-refractivity contribution in [3.63, 3.8) is 0 Å². The zero-order chi connectivity index (χ0) is 57.0. The van der Waals surface area contributed by atoms with Crippen LogP contribution < -0.4 is 9.80 Å². The van der Waals surface area contributed by atoms with Gasteiger partial charge >= 0.3 is 0 Å². The summed E-state index contributed by atoms with van der Waals surface area (Å²) in [6.07, 6.45) is 4.65. The molecule has 0 spiro atoms. The highest BCUT2D eigenvalue weighted by Gasteiger charge is 2.44. The van der Waals surface area contributed by atoms with Gasteiger partial charge in [-0.15, -0.1) is 0 Å². The van der Waals surface area contributed by atoms with Gasteiger partial charge in [0.15, 0.2) is 0 Å². The Balaban J connectivity index is 0.684. The summed E-state index contributed by atoms with van der Waals surface area (Å²) < 4.78 is 0. The number of hydrogen-bond acceptors (Lipinski definition) is 2. The molecule has 0 atom stereocenters. The van der Waals surface area contributed by atoms with Crippen molar-refractivity contribution in [2.24, 2.45) is 0 Å². The smallest absolute Gasteiger partial charge is 0.0468 e. The van der Waals surface area contributed by atoms with Gasteiger partial charge in [0.05, 0.1) is 0 Å². The quantitative estimate of drug-likeness (QED) is 0.140. The third-order valence-electron chi connectivity index (χ3n) is 20.0. The molecule has 0 saturated carbocycles. The van der Waals surface area contributed by atoms with Crippen LogP contribution in [-0.4, -0.2) is 0 Å². The van der Waals surface area contributed by atoms with Gasteiger partial charge in [-0.25, -0.2) is 0 Å². The molecule has 0 amide bonds. The first kappa shape index (κ1) is 50.2. The van der Waals surface area contributed by atoms with Crippen molar-refractivity contribution in [2.45, 2.75) is 77.0 Å². The van der Waals surface area contributed by atoms with E-state index >= 15 is 0 Å². The minimum atomic E-state index is -0.193. The summed E-state index contributed by atoms with van der Waals surface area (Å²) in [4.78, 5) is 4.82. The van der Waals surface area contributed by atoms with Gasteiger partial charge in [0.1, 0.15) is 0 Å². The number of para-hydroxylation sites is 2. The van der Waals surface area contributed by atoms with E-state index in [1.165, 1.54) is 133 Å². The van der Waals surface area contributed by atoms with Gasteiger partial charge in [-0.2, -0.15) is 0 Å². The normalized spacial score (nSPS) is 15.5. The predicted molar refractivity (Wildman–Crippen MR) is 356 cm³/mol. The second-order valence-corrected chi connectivity index (χ2v) is 26.2. The molecule has 0 fully saturated rings. The van der Waals surface area contributed by atoms with E-state index in [9.17, 15) is 0 Å². The van der Waals surface area contributed by atoms with Gasteiger partial charge in [0, 0.05) is 55.8 Å². The van der Waals surface area contributed by atoms with Crippen LogP contribution in [0.2, 0.25) is 0 Å². The Labute approximate surface area is 494 Å². The first-order valence-corrected chi connectivity index (χ1v) is 30.0. The fourth-order valence-electron chi connectivity index (χ4n) is 15.3. The number of nitrogens with zero attached hydrogens (tertiary/aromatic N) is 2. The maximum absolute atomic E-state index is 2.54. The van der Waals surface area contributed by atoms with Gasteiger partial charge in [0.25, 0.3) is 0 Å². The van der Waals surface area contributed by atoms with Crippen LogP contribution in [0.4, 0.5) is 34.1 Å². The van der Waals surface area contributed by atoms with E-state index in [4.69, 9.17) is 0 Å². The SMILES string of the molecule is CC1(C)c2cc(C=Cc3ccc4c(c3)C(C)(C)c3cc5c(cc3-4)C(C)(C)c3cc(N(c4ccccc4)c4ccc6ccccc6c4)ccc3-5)ccc2-c2cc3c(cc21)-c1ccc(N(c2ccccc2)c2ccc4ccccc4c2)cc1C3(C)C. The van der Waals surface area contributed by atoms with Crippen LogP contribution in [0.3, 0.4) is 0 Å². The molecule has 4 aliphatic carbocycles. The van der Waals surface area contributed by atoms with Crippen LogP contribution in [-0.2, 0) is 21.7 Å². The van der Waals surface area contributed by atoms with Crippen molar-refractivity contribution < 1.29 is 0 Å². The Morgan fingerprint density at radius 3 is 0.845 bits per heavy atom. The molecule has 404 valence electrons. The Bertz CT molecular complexity index is 4480. The highest BCUT2D eigenvalue weighted by molar-refractivity contribution is 5.96. The van der Waals surface area contributed by atoms with E-state index in [0.29, 0.717) is 0 Å². The second kappa shape index (κ2) is 18.0. The largest absolute Gasteiger partial charge is 0.310 e. The van der Waals surface area contributed by atoms with Gasteiger partial charge in [-0.05, 0) is 219 Å². The molecule has 0 heterocycles. The lowest BCUT2D eigenvalue weighted by atomic mass is 9.79. The number of hydrogen-bond donors (Lipinski definition) is 0. The van der Waals surface area contributed by atoms with Crippen molar-refractivity contribution in [1.82, 2.24) is 0 Å². The number of anilines is 6. The van der Waals surface area contributed by atoms with E-state index in [1.54, 1.807) is 0 Å². The summed E-state index contributed by atoms with van der Waals surface area (Å²) in [6, 6.07) is 91.3. The van der Waals surface area contributed by atoms with E-state index in [1.807, 2.05) is 0 Å². The molecule has 0 bridgehead atoms. The average molecular weight is 1080 g/mol. The molecule has 0 saturated heterocycles. The molecular weight excluding hydrogens is 1010 g/mol. The molecule has 0 unspecified atom stereocenters. The van der Waals surface area contributed by atoms with Crippen LogP contribution in [0.1, 0.15) is 111 Å². The highest BCUT2D eigenvalue weighted by Crippen LogP contribution is 2.59. The molecule has 12 aromatic rings. The van der Waals surface area contributed by atoms with Gasteiger partial charge in [0.2, 0.25) is 0 Å². The van der Waals surface area contributed by atoms with Crippen LogP contribution in [0.15, 0.2) is 243 Å². The van der Waals surface area contributed by atoms with Crippen LogP contribution in [0.25, 0.3) is 78.2 Å². The summed E-state index contributed by atoms with van der Waals surface area (Å²) in [5.74, 6) is 0. The van der Waals surface area contributed by atoms with Crippen LogP contribution in [0.5, 0.6) is 0 Å². The van der Waals surface area contributed by atoms with Gasteiger partial charge in [-0.3, -0.25) is 0 Å². The Morgan fingerprint density at radius 2 is 0.488 bits per heavy atom. The van der Waals surface area contributed by atoms with Crippen molar-refractivity contribution in [3.8, 4) is 44.5 Å². The van der Waals surface area contributed by atoms with E-state index in [-0.39, 0.29) is 21.7 Å². The third-order valence-corrected chi connectivity index (χ3v) is 20.0. The molecular formula is C82H66N2. The lowest BCUT2D eigenvalue weighted by Gasteiger charge is -2.28. The van der Waals surface area contributed by atoms with Gasteiger partial charge in [-0.1, -0.05) is 213 Å². The topological polar surface area (TPSA) is 6.48 Å². The summed E-state index contributed by atoms with van der Waals surface area (Å²) in [5, 5.41) is 4.97. The molecule has 12 aromatic carbocycles. The van der Waals surface area contributed by atoms with Crippen LogP contribution in [0, 0.1) is 0 Å². The third kappa shape index (κ3) is 7.42. The van der Waals surface area contributed by atoms with Crippen molar-refractivity contribution in [2.75, 3.05) is 9.80 Å². The minimum Gasteiger partial charge on any atom is -0.310 e. The van der Waals surface area contributed by atoms with E-state index in [2.05, 4.69) is 320 Å².